The van der Waals surface area contributed by atoms with E-state index in [9.17, 15) is 20.1 Å². The second kappa shape index (κ2) is 14.1. The number of carbonyl (C=O) groups excluding carboxylic acids is 1. The third kappa shape index (κ3) is 9.08. The number of esters is 1. The van der Waals surface area contributed by atoms with Crippen molar-refractivity contribution in [3.63, 3.8) is 0 Å². The van der Waals surface area contributed by atoms with E-state index < -0.39 is 29.9 Å². The summed E-state index contributed by atoms with van der Waals surface area (Å²) in [7, 11) is 2.15. The minimum absolute atomic E-state index is 0.0297. The second-order valence-corrected chi connectivity index (χ2v) is 9.27. The fourth-order valence-corrected chi connectivity index (χ4v) is 4.78. The number of cyclic esters (lactones) is 1. The Kier molecular flexibility index (Phi) is 12.0. The van der Waals surface area contributed by atoms with Gasteiger partial charge in [0, 0.05) is 27.9 Å². The SMILES string of the molecule is CCC1C=CC(=O)OC1C=CC(O)(CCN)C(CC(O)C=CC=CC1CCCC(O)C1)OP. The summed E-state index contributed by atoms with van der Waals surface area (Å²) in [5.74, 6) is -0.0249. The molecule has 0 saturated heterocycles. The molecule has 8 atom stereocenters. The van der Waals surface area contributed by atoms with Crippen LogP contribution >= 0.6 is 9.47 Å². The Hall–Kier alpha value is -1.34. The molecule has 5 N–H and O–H groups in total. The van der Waals surface area contributed by atoms with E-state index >= 15 is 0 Å². The topological polar surface area (TPSA) is 122 Å². The highest BCUT2D eigenvalue weighted by atomic mass is 31.0. The van der Waals surface area contributed by atoms with E-state index in [1.165, 1.54) is 6.08 Å². The average Bonchev–Trinajstić information content (AvgIpc) is 2.79. The van der Waals surface area contributed by atoms with Gasteiger partial charge in [0.25, 0.3) is 0 Å². The smallest absolute Gasteiger partial charge is 0.331 e. The lowest BCUT2D eigenvalue weighted by Gasteiger charge is -2.34. The molecule has 0 aromatic rings. The molecular weight excluding hydrogens is 441 g/mol. The lowest BCUT2D eigenvalue weighted by atomic mass is 9.86. The Morgan fingerprint density at radius 1 is 1.36 bits per heavy atom. The van der Waals surface area contributed by atoms with E-state index in [2.05, 4.69) is 15.5 Å². The molecule has 0 amide bonds. The average molecular weight is 482 g/mol. The zero-order valence-electron chi connectivity index (χ0n) is 19.5. The van der Waals surface area contributed by atoms with Crippen LogP contribution in [0.3, 0.4) is 0 Å². The zero-order chi connectivity index (χ0) is 24.3. The van der Waals surface area contributed by atoms with Gasteiger partial charge in [-0.15, -0.1) is 0 Å². The number of ether oxygens (including phenoxy) is 1. The molecule has 0 radical (unpaired) electrons. The first-order chi connectivity index (χ1) is 15.8. The highest BCUT2D eigenvalue weighted by Crippen LogP contribution is 2.29. The van der Waals surface area contributed by atoms with Gasteiger partial charge in [-0.05, 0) is 50.6 Å². The maximum atomic E-state index is 11.7. The van der Waals surface area contributed by atoms with Crippen LogP contribution in [0, 0.1) is 11.8 Å². The summed E-state index contributed by atoms with van der Waals surface area (Å²) in [6.45, 7) is 2.22. The lowest BCUT2D eigenvalue weighted by molar-refractivity contribution is -0.143. The standard InChI is InChI=1S/C25H40NO6P/c1-2-19-10-11-24(29)31-22(19)12-13-25(30,14-15-26)23(32-33)17-21(28)8-4-3-6-18-7-5-9-20(27)16-18/h3-4,6,8,10-13,18-23,27-28,30H,2,5,7,9,14-17,26,33H2,1H3. The highest BCUT2D eigenvalue weighted by molar-refractivity contribution is 7.09. The van der Waals surface area contributed by atoms with Crippen molar-refractivity contribution in [2.24, 2.45) is 17.6 Å². The van der Waals surface area contributed by atoms with Crippen LogP contribution < -0.4 is 5.73 Å². The summed E-state index contributed by atoms with van der Waals surface area (Å²) < 4.78 is 10.9. The number of carbonyl (C=O) groups is 1. The molecule has 1 saturated carbocycles. The van der Waals surface area contributed by atoms with E-state index in [1.54, 1.807) is 24.3 Å². The largest absolute Gasteiger partial charge is 0.454 e. The van der Waals surface area contributed by atoms with Crippen molar-refractivity contribution in [2.45, 2.75) is 81.9 Å². The zero-order valence-corrected chi connectivity index (χ0v) is 20.6. The summed E-state index contributed by atoms with van der Waals surface area (Å²) in [4.78, 5) is 11.7. The third-order valence-corrected chi connectivity index (χ3v) is 6.77. The van der Waals surface area contributed by atoms with Gasteiger partial charge in [-0.2, -0.15) is 0 Å². The van der Waals surface area contributed by atoms with Gasteiger partial charge in [-0.1, -0.05) is 49.8 Å². The number of aliphatic hydroxyl groups excluding tert-OH is 2. The van der Waals surface area contributed by atoms with Crippen LogP contribution in [0.1, 0.15) is 51.9 Å². The maximum Gasteiger partial charge on any atom is 0.331 e. The fraction of sp³-hybridized carbons (Fsp3) is 0.640. The normalized spacial score (nSPS) is 30.1. The molecule has 0 aromatic heterocycles. The minimum atomic E-state index is -1.44. The first-order valence-corrected chi connectivity index (χ1v) is 12.4. The molecule has 1 fully saturated rings. The Bertz CT molecular complexity index is 724. The molecule has 186 valence electrons. The van der Waals surface area contributed by atoms with Crippen molar-refractivity contribution in [3.8, 4) is 0 Å². The summed E-state index contributed by atoms with van der Waals surface area (Å²) in [6, 6.07) is 0. The van der Waals surface area contributed by atoms with Gasteiger partial charge in [-0.3, -0.25) is 0 Å². The van der Waals surface area contributed by atoms with Gasteiger partial charge in [0.2, 0.25) is 0 Å². The van der Waals surface area contributed by atoms with E-state index in [-0.39, 0.29) is 31.4 Å². The fourth-order valence-electron chi connectivity index (χ4n) is 4.43. The highest BCUT2D eigenvalue weighted by Gasteiger charge is 2.36. The van der Waals surface area contributed by atoms with Crippen LogP contribution in [0.4, 0.5) is 0 Å². The first-order valence-electron chi connectivity index (χ1n) is 11.9. The van der Waals surface area contributed by atoms with Crippen LogP contribution in [0.2, 0.25) is 0 Å². The van der Waals surface area contributed by atoms with Crippen molar-refractivity contribution in [1.29, 1.82) is 0 Å². The quantitative estimate of drug-likeness (QED) is 0.146. The summed E-state index contributed by atoms with van der Waals surface area (Å²) in [5, 5.41) is 31.6. The summed E-state index contributed by atoms with van der Waals surface area (Å²) in [6.07, 6.45) is 16.5. The Morgan fingerprint density at radius 3 is 2.82 bits per heavy atom. The lowest BCUT2D eigenvalue weighted by Crippen LogP contribution is -2.44. The Balaban J connectivity index is 2.00. The monoisotopic (exact) mass is 481 g/mol. The molecule has 2 aliphatic rings. The number of aliphatic hydroxyl groups is 3. The molecule has 1 aliphatic heterocycles. The maximum absolute atomic E-state index is 11.7. The predicted molar refractivity (Wildman–Crippen MR) is 132 cm³/mol. The second-order valence-electron chi connectivity index (χ2n) is 9.00. The van der Waals surface area contributed by atoms with Gasteiger partial charge in [0.15, 0.2) is 0 Å². The molecule has 8 heteroatoms. The van der Waals surface area contributed by atoms with E-state index in [4.69, 9.17) is 15.0 Å². The first kappa shape index (κ1) is 27.9. The van der Waals surface area contributed by atoms with Gasteiger partial charge in [-0.25, -0.2) is 4.79 Å². The van der Waals surface area contributed by atoms with Crippen molar-refractivity contribution < 1.29 is 29.4 Å². The molecular formula is C25H40NO6P. The number of rotatable bonds is 12. The molecule has 8 unspecified atom stereocenters. The molecule has 1 aliphatic carbocycles. The van der Waals surface area contributed by atoms with Crippen molar-refractivity contribution in [1.82, 2.24) is 0 Å². The van der Waals surface area contributed by atoms with Crippen molar-refractivity contribution in [2.75, 3.05) is 6.54 Å². The summed E-state index contributed by atoms with van der Waals surface area (Å²) in [5.41, 5.74) is 4.31. The van der Waals surface area contributed by atoms with Crippen LogP contribution in [-0.4, -0.2) is 57.9 Å². The molecule has 1 heterocycles. The van der Waals surface area contributed by atoms with Gasteiger partial charge < -0.3 is 30.3 Å². The van der Waals surface area contributed by atoms with E-state index in [1.807, 2.05) is 19.1 Å². The molecule has 0 bridgehead atoms. The van der Waals surface area contributed by atoms with Crippen LogP contribution in [0.5, 0.6) is 0 Å². The number of hydrogen-bond donors (Lipinski definition) is 4. The van der Waals surface area contributed by atoms with Gasteiger partial charge in [0.1, 0.15) is 11.7 Å². The Morgan fingerprint density at radius 2 is 2.15 bits per heavy atom. The van der Waals surface area contributed by atoms with Crippen LogP contribution in [0.25, 0.3) is 0 Å². The third-order valence-electron chi connectivity index (χ3n) is 6.44. The number of allylic oxidation sites excluding steroid dienone is 3. The molecule has 33 heavy (non-hydrogen) atoms. The Labute approximate surface area is 199 Å². The summed E-state index contributed by atoms with van der Waals surface area (Å²) >= 11 is 0. The number of nitrogens with two attached hydrogens (primary N) is 1. The predicted octanol–water partition coefficient (Wildman–Crippen LogP) is 2.72. The number of hydrogen-bond acceptors (Lipinski definition) is 7. The van der Waals surface area contributed by atoms with Crippen LogP contribution in [-0.2, 0) is 14.1 Å². The minimum Gasteiger partial charge on any atom is -0.454 e. The molecule has 7 nitrogen and oxygen atoms in total. The molecule has 2 rings (SSSR count). The molecule has 0 spiro atoms. The molecule has 0 aromatic carbocycles. The van der Waals surface area contributed by atoms with Crippen molar-refractivity contribution >= 4 is 15.4 Å². The van der Waals surface area contributed by atoms with Gasteiger partial charge >= 0.3 is 5.97 Å². The van der Waals surface area contributed by atoms with E-state index in [0.717, 1.165) is 32.1 Å². The van der Waals surface area contributed by atoms with Crippen molar-refractivity contribution in [3.05, 3.63) is 48.6 Å². The van der Waals surface area contributed by atoms with E-state index in [0.29, 0.717) is 5.92 Å². The van der Waals surface area contributed by atoms with Crippen LogP contribution in [0.15, 0.2) is 48.6 Å². The van der Waals surface area contributed by atoms with Gasteiger partial charge in [0.05, 0.1) is 18.3 Å².